The van der Waals surface area contributed by atoms with Gasteiger partial charge in [0, 0.05) is 0 Å². The minimum atomic E-state index is 0. The molecule has 3 heteroatoms. The molecule has 0 unspecified atom stereocenters. The molecule has 0 aliphatic heterocycles. The maximum atomic E-state index is 10.9. The second kappa shape index (κ2) is 8.46. The molecule has 1 aromatic carbocycles. The van der Waals surface area contributed by atoms with Crippen LogP contribution in [0.5, 0.6) is 0 Å². The van der Waals surface area contributed by atoms with Crippen molar-refractivity contribution in [2.45, 2.75) is 20.3 Å². The first kappa shape index (κ1) is 16.4. The zero-order valence-corrected chi connectivity index (χ0v) is 12.6. The third-order valence-corrected chi connectivity index (χ3v) is 2.82. The fraction of sp³-hybridized carbons (Fsp3) is 0.214. The fourth-order valence-corrected chi connectivity index (χ4v) is 1.76. The first-order valence-corrected chi connectivity index (χ1v) is 6.07. The Labute approximate surface area is 122 Å². The van der Waals surface area contributed by atoms with Crippen molar-refractivity contribution < 1.29 is 22.2 Å². The van der Waals surface area contributed by atoms with Crippen molar-refractivity contribution in [2.24, 2.45) is 0 Å². The van der Waals surface area contributed by atoms with E-state index in [1.54, 1.807) is 6.92 Å². The molecule has 1 nitrogen and oxygen atoms in total. The first-order valence-electron chi connectivity index (χ1n) is 5.28. The van der Waals surface area contributed by atoms with Crippen LogP contribution in [0, 0.1) is 0 Å². The van der Waals surface area contributed by atoms with Crippen molar-refractivity contribution in [3.05, 3.63) is 63.9 Å². The molecule has 1 aliphatic carbocycles. The van der Waals surface area contributed by atoms with Crippen LogP contribution in [0.2, 0.25) is 0 Å². The molecule has 0 radical (unpaired) electrons. The predicted octanol–water partition coefficient (Wildman–Crippen LogP) is 3.69. The molecular formula is C14H15BrFeO. The van der Waals surface area contributed by atoms with Crippen molar-refractivity contribution in [3.63, 3.8) is 0 Å². The molecule has 0 saturated carbocycles. The van der Waals surface area contributed by atoms with Crippen molar-refractivity contribution in [1.82, 2.24) is 0 Å². The molecule has 1 aliphatic rings. The Kier molecular flexibility index (Phi) is 8.15. The van der Waals surface area contributed by atoms with Crippen LogP contribution in [-0.2, 0) is 17.1 Å². The number of allylic oxidation sites excluding steroid dienone is 6. The molecule has 1 aromatic rings. The van der Waals surface area contributed by atoms with Crippen LogP contribution in [0.25, 0.3) is 0 Å². The zero-order chi connectivity index (χ0) is 12.0. The summed E-state index contributed by atoms with van der Waals surface area (Å²) in [5, 5.41) is 10.9. The van der Waals surface area contributed by atoms with E-state index >= 15 is 0 Å². The molecule has 0 N–H and O–H groups in total. The Morgan fingerprint density at radius 1 is 1.47 bits per heavy atom. The van der Waals surface area contributed by atoms with Crippen LogP contribution in [0.1, 0.15) is 20.3 Å². The smallest absolute Gasteiger partial charge is 0.875 e. The summed E-state index contributed by atoms with van der Waals surface area (Å²) >= 11 is 3.28. The molecule has 0 amide bonds. The van der Waals surface area contributed by atoms with Crippen LogP contribution in [0.4, 0.5) is 0 Å². The molecule has 0 aromatic heterocycles. The third kappa shape index (κ3) is 5.49. The van der Waals surface area contributed by atoms with E-state index in [4.69, 9.17) is 0 Å². The summed E-state index contributed by atoms with van der Waals surface area (Å²) in [7, 11) is 0. The summed E-state index contributed by atoms with van der Waals surface area (Å²) in [5.74, 6) is 0.168. The Morgan fingerprint density at radius 3 is 2.47 bits per heavy atom. The fourth-order valence-electron chi connectivity index (χ4n) is 1.46. The Morgan fingerprint density at radius 2 is 2.18 bits per heavy atom. The molecule has 2 rings (SSSR count). The van der Waals surface area contributed by atoms with E-state index in [0.29, 0.717) is 0 Å². The van der Waals surface area contributed by atoms with Gasteiger partial charge in [-0.2, -0.15) is 18.2 Å². The third-order valence-electron chi connectivity index (χ3n) is 2.29. The quantitative estimate of drug-likeness (QED) is 0.436. The van der Waals surface area contributed by atoms with Gasteiger partial charge in [0.25, 0.3) is 0 Å². The average Bonchev–Trinajstić information content (AvgIpc) is 2.87. The summed E-state index contributed by atoms with van der Waals surface area (Å²) in [5.41, 5.74) is 2.04. The molecular weight excluding hydrogens is 320 g/mol. The van der Waals surface area contributed by atoms with E-state index in [1.807, 2.05) is 42.5 Å². The summed E-state index contributed by atoms with van der Waals surface area (Å²) in [6.07, 6.45) is 6.75. The van der Waals surface area contributed by atoms with Crippen LogP contribution < -0.4 is 5.11 Å². The van der Waals surface area contributed by atoms with E-state index in [-0.39, 0.29) is 22.8 Å². The summed E-state index contributed by atoms with van der Waals surface area (Å²) in [6.45, 7) is 3.66. The van der Waals surface area contributed by atoms with Gasteiger partial charge in [-0.25, -0.2) is 6.07 Å². The van der Waals surface area contributed by atoms with Gasteiger partial charge >= 0.3 is 17.1 Å². The van der Waals surface area contributed by atoms with Crippen molar-refractivity contribution in [2.75, 3.05) is 0 Å². The van der Waals surface area contributed by atoms with Gasteiger partial charge in [0.2, 0.25) is 0 Å². The van der Waals surface area contributed by atoms with Crippen molar-refractivity contribution in [3.8, 4) is 0 Å². The van der Waals surface area contributed by atoms with E-state index in [1.165, 1.54) is 0 Å². The Hall–Kier alpha value is -0.631. The second-order valence-corrected chi connectivity index (χ2v) is 4.39. The van der Waals surface area contributed by atoms with Gasteiger partial charge in [0.1, 0.15) is 0 Å². The predicted molar refractivity (Wildman–Crippen MR) is 69.9 cm³/mol. The average molecular weight is 335 g/mol. The molecule has 0 fully saturated rings. The van der Waals surface area contributed by atoms with Gasteiger partial charge in [-0.05, 0) is 17.6 Å². The van der Waals surface area contributed by atoms with E-state index in [0.717, 1.165) is 22.0 Å². The number of hydrogen-bond donors (Lipinski definition) is 0. The normalized spacial score (nSPS) is 15.6. The van der Waals surface area contributed by atoms with Crippen LogP contribution in [0.15, 0.2) is 63.9 Å². The van der Waals surface area contributed by atoms with E-state index in [2.05, 4.69) is 22.9 Å². The van der Waals surface area contributed by atoms with Gasteiger partial charge < -0.3 is 5.11 Å². The van der Waals surface area contributed by atoms with Crippen molar-refractivity contribution >= 4 is 15.9 Å². The van der Waals surface area contributed by atoms with Gasteiger partial charge in [0.05, 0.1) is 0 Å². The molecule has 0 spiro atoms. The van der Waals surface area contributed by atoms with Crippen LogP contribution in [-0.4, -0.2) is 0 Å². The number of rotatable bonds is 1. The molecule has 0 heterocycles. The monoisotopic (exact) mass is 334 g/mol. The summed E-state index contributed by atoms with van der Waals surface area (Å²) in [4.78, 5) is 0. The zero-order valence-electron chi connectivity index (χ0n) is 9.89. The topological polar surface area (TPSA) is 23.1 Å². The summed E-state index contributed by atoms with van der Waals surface area (Å²) in [6, 6.07) is 7.98. The Balaban J connectivity index is 0.000000316. The van der Waals surface area contributed by atoms with Crippen molar-refractivity contribution in [1.29, 1.82) is 0 Å². The SMILES string of the molecule is Brc1ccc[cH-]1.CCC1=CC=CC1=C(C)[O-].[Fe+2]. The van der Waals surface area contributed by atoms with Gasteiger partial charge in [-0.1, -0.05) is 48.0 Å². The minimum absolute atomic E-state index is 0. The Bertz CT molecular complexity index is 409. The maximum Gasteiger partial charge on any atom is 2.00 e. The van der Waals surface area contributed by atoms with Crippen LogP contribution in [0.3, 0.4) is 0 Å². The first-order chi connectivity index (χ1) is 7.65. The maximum absolute atomic E-state index is 10.9. The molecule has 92 valence electrons. The van der Waals surface area contributed by atoms with Crippen LogP contribution >= 0.6 is 15.9 Å². The number of hydrogen-bond acceptors (Lipinski definition) is 1. The van der Waals surface area contributed by atoms with E-state index < -0.39 is 0 Å². The van der Waals surface area contributed by atoms with Gasteiger partial charge in [0.15, 0.2) is 0 Å². The minimum Gasteiger partial charge on any atom is -0.875 e. The molecule has 0 bridgehead atoms. The summed E-state index contributed by atoms with van der Waals surface area (Å²) < 4.78 is 1.16. The van der Waals surface area contributed by atoms with E-state index in [9.17, 15) is 5.11 Å². The second-order valence-electron chi connectivity index (χ2n) is 3.48. The van der Waals surface area contributed by atoms with Gasteiger partial charge in [-0.3, -0.25) is 0 Å². The molecule has 0 saturated heterocycles. The number of halogens is 1. The standard InChI is InChI=1S/C9H12O.C5H4Br.Fe/c1-3-8-5-4-6-9(8)7(2)10;6-5-3-1-2-4-5;/h4-6,10H,3H2,1-2H3;1-4H;/q;-1;+2/p-1. The molecule has 17 heavy (non-hydrogen) atoms. The largest absolute Gasteiger partial charge is 2.00 e. The van der Waals surface area contributed by atoms with Gasteiger partial charge in [-0.15, -0.1) is 10.2 Å². The molecule has 0 atom stereocenters.